The van der Waals surface area contributed by atoms with E-state index in [2.05, 4.69) is 5.32 Å². The highest BCUT2D eigenvalue weighted by atomic mass is 35.5. The second-order valence-electron chi connectivity index (χ2n) is 3.43. The maximum Gasteiger partial charge on any atom is 0.249 e. The molecule has 2 rings (SSSR count). The van der Waals surface area contributed by atoms with Crippen LogP contribution in [0.3, 0.4) is 0 Å². The average molecular weight is 246 g/mol. The van der Waals surface area contributed by atoms with E-state index < -0.39 is 0 Å². The Hall–Kier alpha value is -0.580. The Labute approximate surface area is 97.4 Å². The zero-order valence-electron chi connectivity index (χ0n) is 8.16. The van der Waals surface area contributed by atoms with Crippen molar-refractivity contribution in [1.82, 2.24) is 5.32 Å². The lowest BCUT2D eigenvalue weighted by Crippen LogP contribution is -2.33. The first-order valence-corrected chi connectivity index (χ1v) is 6.08. The van der Waals surface area contributed by atoms with Crippen LogP contribution in [-0.2, 0) is 16.1 Å². The molecule has 1 aromatic rings. The van der Waals surface area contributed by atoms with Gasteiger partial charge in [0.2, 0.25) is 5.91 Å². The van der Waals surface area contributed by atoms with Gasteiger partial charge in [0, 0.05) is 11.5 Å². The van der Waals surface area contributed by atoms with Crippen molar-refractivity contribution in [3.05, 3.63) is 21.3 Å². The third-order valence-electron chi connectivity index (χ3n) is 2.29. The first-order valence-electron chi connectivity index (χ1n) is 4.89. The summed E-state index contributed by atoms with van der Waals surface area (Å²) >= 11 is 7.27. The van der Waals surface area contributed by atoms with Crippen molar-refractivity contribution in [3.63, 3.8) is 0 Å². The molecule has 82 valence electrons. The van der Waals surface area contributed by atoms with Crippen LogP contribution in [0.25, 0.3) is 0 Å². The number of hydrogen-bond acceptors (Lipinski definition) is 3. The van der Waals surface area contributed by atoms with Crippen molar-refractivity contribution in [3.8, 4) is 0 Å². The molecule has 1 atom stereocenters. The molecule has 1 fully saturated rings. The number of rotatable bonds is 3. The highest BCUT2D eigenvalue weighted by molar-refractivity contribution is 7.16. The van der Waals surface area contributed by atoms with Gasteiger partial charge in [-0.1, -0.05) is 11.6 Å². The van der Waals surface area contributed by atoms with Gasteiger partial charge in [0.25, 0.3) is 0 Å². The van der Waals surface area contributed by atoms with Crippen LogP contribution in [0.15, 0.2) is 12.1 Å². The minimum absolute atomic E-state index is 0.0166. The molecule has 5 heteroatoms. The monoisotopic (exact) mass is 245 g/mol. The first kappa shape index (κ1) is 10.9. The second kappa shape index (κ2) is 4.96. The zero-order chi connectivity index (χ0) is 10.7. The van der Waals surface area contributed by atoms with Gasteiger partial charge >= 0.3 is 0 Å². The Kier molecular flexibility index (Phi) is 3.61. The van der Waals surface area contributed by atoms with E-state index >= 15 is 0 Å². The number of carbonyl (C=O) groups is 1. The quantitative estimate of drug-likeness (QED) is 0.887. The lowest BCUT2D eigenvalue weighted by molar-refractivity contribution is -0.130. The van der Waals surface area contributed by atoms with Crippen LogP contribution in [0.5, 0.6) is 0 Å². The molecule has 0 saturated carbocycles. The second-order valence-corrected chi connectivity index (χ2v) is 5.22. The molecule has 1 aromatic heterocycles. The summed E-state index contributed by atoms with van der Waals surface area (Å²) in [6.07, 6.45) is 1.56. The van der Waals surface area contributed by atoms with Crippen LogP contribution in [0.2, 0.25) is 4.34 Å². The van der Waals surface area contributed by atoms with Gasteiger partial charge < -0.3 is 10.1 Å². The molecule has 1 aliphatic rings. The number of amides is 1. The Morgan fingerprint density at radius 3 is 3.13 bits per heavy atom. The molecule has 3 nitrogen and oxygen atoms in total. The third-order valence-corrected chi connectivity index (χ3v) is 3.52. The topological polar surface area (TPSA) is 38.3 Å². The summed E-state index contributed by atoms with van der Waals surface area (Å²) in [5.74, 6) is -0.0166. The molecule has 0 bridgehead atoms. The summed E-state index contributed by atoms with van der Waals surface area (Å²) in [6, 6.07) is 3.75. The summed E-state index contributed by atoms with van der Waals surface area (Å²) in [4.78, 5) is 12.6. The molecule has 0 radical (unpaired) electrons. The van der Waals surface area contributed by atoms with E-state index in [1.54, 1.807) is 0 Å². The number of nitrogens with one attached hydrogen (secondary N) is 1. The minimum Gasteiger partial charge on any atom is -0.368 e. The van der Waals surface area contributed by atoms with E-state index in [4.69, 9.17) is 16.3 Å². The normalized spacial score (nSPS) is 20.5. The van der Waals surface area contributed by atoms with Crippen LogP contribution in [-0.4, -0.2) is 18.6 Å². The van der Waals surface area contributed by atoms with Crippen molar-refractivity contribution in [2.45, 2.75) is 25.5 Å². The SMILES string of the molecule is O=C(NCc1ccc(Cl)s1)C1CCCO1. The van der Waals surface area contributed by atoms with Gasteiger partial charge in [-0.25, -0.2) is 0 Å². The fourth-order valence-corrected chi connectivity index (χ4v) is 2.55. The standard InChI is InChI=1S/C10H12ClNO2S/c11-9-4-3-7(15-9)6-12-10(13)8-2-1-5-14-8/h3-4,8H,1-2,5-6H2,(H,12,13). The van der Waals surface area contributed by atoms with Crippen molar-refractivity contribution < 1.29 is 9.53 Å². The largest absolute Gasteiger partial charge is 0.368 e. The van der Waals surface area contributed by atoms with Crippen LogP contribution in [0.4, 0.5) is 0 Å². The van der Waals surface area contributed by atoms with E-state index in [1.165, 1.54) is 11.3 Å². The Morgan fingerprint density at radius 2 is 2.53 bits per heavy atom. The summed E-state index contributed by atoms with van der Waals surface area (Å²) in [6.45, 7) is 1.24. The molecule has 0 aromatic carbocycles. The molecule has 1 unspecified atom stereocenters. The van der Waals surface area contributed by atoms with Gasteiger partial charge in [-0.3, -0.25) is 4.79 Å². The lowest BCUT2D eigenvalue weighted by Gasteiger charge is -2.09. The van der Waals surface area contributed by atoms with Gasteiger partial charge in [0.05, 0.1) is 10.9 Å². The van der Waals surface area contributed by atoms with Gasteiger partial charge in [0.15, 0.2) is 0 Å². The molecular formula is C10H12ClNO2S. The lowest BCUT2D eigenvalue weighted by atomic mass is 10.2. The molecule has 0 aliphatic carbocycles. The molecule has 1 aliphatic heterocycles. The van der Waals surface area contributed by atoms with E-state index in [1.807, 2.05) is 12.1 Å². The van der Waals surface area contributed by atoms with E-state index in [9.17, 15) is 4.79 Å². The predicted molar refractivity (Wildman–Crippen MR) is 60.1 cm³/mol. The highest BCUT2D eigenvalue weighted by Gasteiger charge is 2.22. The molecule has 2 heterocycles. The molecular weight excluding hydrogens is 234 g/mol. The maximum absolute atomic E-state index is 11.6. The van der Waals surface area contributed by atoms with Crippen LogP contribution in [0, 0.1) is 0 Å². The fourth-order valence-electron chi connectivity index (χ4n) is 1.52. The molecule has 15 heavy (non-hydrogen) atoms. The Balaban J connectivity index is 1.80. The summed E-state index contributed by atoms with van der Waals surface area (Å²) in [5.41, 5.74) is 0. The number of thiophene rings is 1. The highest BCUT2D eigenvalue weighted by Crippen LogP contribution is 2.21. The van der Waals surface area contributed by atoms with Crippen LogP contribution in [0.1, 0.15) is 17.7 Å². The third kappa shape index (κ3) is 2.93. The van der Waals surface area contributed by atoms with Gasteiger partial charge in [-0.15, -0.1) is 11.3 Å². The predicted octanol–water partition coefficient (Wildman–Crippen LogP) is 2.20. The molecule has 0 spiro atoms. The minimum atomic E-state index is -0.250. The van der Waals surface area contributed by atoms with E-state index in [-0.39, 0.29) is 12.0 Å². The van der Waals surface area contributed by atoms with Crippen molar-refractivity contribution in [2.24, 2.45) is 0 Å². The Bertz CT molecular complexity index is 347. The van der Waals surface area contributed by atoms with Crippen molar-refractivity contribution >= 4 is 28.8 Å². The number of ether oxygens (including phenoxy) is 1. The smallest absolute Gasteiger partial charge is 0.249 e. The fraction of sp³-hybridized carbons (Fsp3) is 0.500. The van der Waals surface area contributed by atoms with Crippen molar-refractivity contribution in [2.75, 3.05) is 6.61 Å². The van der Waals surface area contributed by atoms with E-state index in [0.717, 1.165) is 22.1 Å². The number of carbonyl (C=O) groups excluding carboxylic acids is 1. The van der Waals surface area contributed by atoms with Gasteiger partial charge in [0.1, 0.15) is 6.10 Å². The van der Waals surface area contributed by atoms with Crippen LogP contribution >= 0.6 is 22.9 Å². The average Bonchev–Trinajstić information content (AvgIpc) is 2.84. The maximum atomic E-state index is 11.6. The van der Waals surface area contributed by atoms with E-state index in [0.29, 0.717) is 13.2 Å². The van der Waals surface area contributed by atoms with Gasteiger partial charge in [-0.2, -0.15) is 0 Å². The summed E-state index contributed by atoms with van der Waals surface area (Å²) in [5, 5.41) is 2.84. The zero-order valence-corrected chi connectivity index (χ0v) is 9.74. The first-order chi connectivity index (χ1) is 7.25. The van der Waals surface area contributed by atoms with Crippen LogP contribution < -0.4 is 5.32 Å². The summed E-state index contributed by atoms with van der Waals surface area (Å²) in [7, 11) is 0. The molecule has 1 saturated heterocycles. The molecule has 1 N–H and O–H groups in total. The number of hydrogen-bond donors (Lipinski definition) is 1. The summed E-state index contributed by atoms with van der Waals surface area (Å²) < 4.78 is 6.02. The van der Waals surface area contributed by atoms with Crippen molar-refractivity contribution in [1.29, 1.82) is 0 Å². The Morgan fingerprint density at radius 1 is 1.67 bits per heavy atom. The molecule has 1 amide bonds. The number of halogens is 1. The van der Waals surface area contributed by atoms with Gasteiger partial charge in [-0.05, 0) is 25.0 Å².